The molecule has 0 radical (unpaired) electrons. The number of aromatic amines is 1. The molecule has 0 aliphatic carbocycles. The summed E-state index contributed by atoms with van der Waals surface area (Å²) in [6.07, 6.45) is 1.49. The van der Waals surface area contributed by atoms with Gasteiger partial charge in [-0.25, -0.2) is 15.0 Å². The van der Waals surface area contributed by atoms with Crippen LogP contribution in [0.1, 0.15) is 22.2 Å². The smallest absolute Gasteiger partial charge is 0.255 e. The standard InChI is InChI=1S/C22H20BrClN6O2S/c1-32-9-19(21-27-16-3-2-12(24)6-18(16)28-21)29-20-14-7-15(23)13(8-17(14)25-10-26-20)22(31)30-4-5-33-11-30/h2-3,6-8,10,19H,4-5,9,11H2,1H3,(H,27,28)(H,25,26,29)/t19-/m0/s1. The van der Waals surface area contributed by atoms with Crippen molar-refractivity contribution in [2.75, 3.05) is 37.2 Å². The number of thioether (sulfide) groups is 1. The highest BCUT2D eigenvalue weighted by Crippen LogP contribution is 2.31. The molecule has 1 atom stereocenters. The number of methoxy groups -OCH3 is 1. The number of nitrogens with zero attached hydrogens (tertiary/aromatic N) is 4. The maximum atomic E-state index is 12.9. The van der Waals surface area contributed by atoms with Crippen LogP contribution in [0.3, 0.4) is 0 Å². The highest BCUT2D eigenvalue weighted by Gasteiger charge is 2.24. The third-order valence-corrected chi connectivity index (χ3v) is 7.29. The molecular formula is C22H20BrClN6O2S. The lowest BCUT2D eigenvalue weighted by Crippen LogP contribution is -2.28. The molecule has 4 aromatic rings. The highest BCUT2D eigenvalue weighted by molar-refractivity contribution is 9.10. The average Bonchev–Trinajstić information content (AvgIpc) is 3.48. The van der Waals surface area contributed by atoms with Gasteiger partial charge in [0.05, 0.1) is 34.6 Å². The van der Waals surface area contributed by atoms with Gasteiger partial charge < -0.3 is 19.9 Å². The van der Waals surface area contributed by atoms with Crippen LogP contribution in [0, 0.1) is 0 Å². The Kier molecular flexibility index (Phi) is 6.42. The van der Waals surface area contributed by atoms with Crippen LogP contribution in [-0.4, -0.2) is 62.6 Å². The second-order valence-electron chi connectivity index (χ2n) is 7.61. The van der Waals surface area contributed by atoms with Crippen LogP contribution in [0.15, 0.2) is 41.1 Å². The number of carbonyl (C=O) groups is 1. The van der Waals surface area contributed by atoms with Crippen molar-refractivity contribution >= 4 is 73.0 Å². The third kappa shape index (κ3) is 4.52. The number of anilines is 1. The van der Waals surface area contributed by atoms with Crippen molar-refractivity contribution in [3.63, 3.8) is 0 Å². The molecule has 2 aromatic carbocycles. The molecule has 8 nitrogen and oxygen atoms in total. The van der Waals surface area contributed by atoms with Crippen molar-refractivity contribution in [3.05, 3.63) is 57.5 Å². The van der Waals surface area contributed by atoms with Gasteiger partial charge in [0.1, 0.15) is 24.0 Å². The van der Waals surface area contributed by atoms with E-state index in [9.17, 15) is 4.79 Å². The minimum absolute atomic E-state index is 0.0000855. The van der Waals surface area contributed by atoms with E-state index in [1.165, 1.54) is 6.33 Å². The van der Waals surface area contributed by atoms with Gasteiger partial charge in [0, 0.05) is 34.3 Å². The first-order valence-corrected chi connectivity index (χ1v) is 12.6. The molecule has 0 saturated carbocycles. The lowest BCUT2D eigenvalue weighted by molar-refractivity contribution is 0.0802. The normalized spacial score (nSPS) is 14.8. The molecule has 1 fully saturated rings. The molecule has 170 valence electrons. The molecule has 1 aliphatic rings. The predicted octanol–water partition coefficient (Wildman–Crippen LogP) is 4.87. The molecule has 1 amide bonds. The molecule has 2 N–H and O–H groups in total. The Morgan fingerprint density at radius 2 is 2.21 bits per heavy atom. The first-order valence-electron chi connectivity index (χ1n) is 10.3. The number of nitrogens with one attached hydrogen (secondary N) is 2. The van der Waals surface area contributed by atoms with Crippen LogP contribution in [0.5, 0.6) is 0 Å². The van der Waals surface area contributed by atoms with Gasteiger partial charge >= 0.3 is 0 Å². The van der Waals surface area contributed by atoms with E-state index >= 15 is 0 Å². The van der Waals surface area contributed by atoms with Gasteiger partial charge in [0.2, 0.25) is 0 Å². The number of hydrogen-bond donors (Lipinski definition) is 2. The van der Waals surface area contributed by atoms with Gasteiger partial charge in [0.15, 0.2) is 0 Å². The molecule has 5 rings (SSSR count). The second kappa shape index (κ2) is 9.46. The monoisotopic (exact) mass is 546 g/mol. The van der Waals surface area contributed by atoms with Crippen LogP contribution in [0.2, 0.25) is 5.02 Å². The quantitative estimate of drug-likeness (QED) is 0.356. The number of ether oxygens (including phenoxy) is 1. The first kappa shape index (κ1) is 22.4. The molecule has 1 saturated heterocycles. The fourth-order valence-electron chi connectivity index (χ4n) is 3.79. The van der Waals surface area contributed by atoms with E-state index in [1.807, 2.05) is 35.2 Å². The minimum Gasteiger partial charge on any atom is -0.382 e. The molecular weight excluding hydrogens is 528 g/mol. The number of fused-ring (bicyclic) bond motifs is 2. The lowest BCUT2D eigenvalue weighted by atomic mass is 10.1. The Balaban J connectivity index is 1.49. The van der Waals surface area contributed by atoms with Crippen molar-refractivity contribution in [1.82, 2.24) is 24.8 Å². The number of benzene rings is 2. The number of H-pyrrole nitrogens is 1. The highest BCUT2D eigenvalue weighted by atomic mass is 79.9. The zero-order chi connectivity index (χ0) is 22.9. The summed E-state index contributed by atoms with van der Waals surface area (Å²) in [5.41, 5.74) is 2.94. The van der Waals surface area contributed by atoms with Crippen LogP contribution >= 0.6 is 39.3 Å². The molecule has 3 heterocycles. The summed E-state index contributed by atoms with van der Waals surface area (Å²) in [4.78, 5) is 31.6. The zero-order valence-corrected chi connectivity index (χ0v) is 20.8. The molecule has 0 unspecified atom stereocenters. The molecule has 2 aromatic heterocycles. The van der Waals surface area contributed by atoms with E-state index in [1.54, 1.807) is 18.9 Å². The Morgan fingerprint density at radius 3 is 3.00 bits per heavy atom. The Morgan fingerprint density at radius 1 is 1.33 bits per heavy atom. The maximum absolute atomic E-state index is 12.9. The van der Waals surface area contributed by atoms with E-state index in [2.05, 4.69) is 41.2 Å². The van der Waals surface area contributed by atoms with E-state index in [-0.39, 0.29) is 11.9 Å². The van der Waals surface area contributed by atoms with Gasteiger partial charge in [-0.3, -0.25) is 4.79 Å². The van der Waals surface area contributed by atoms with E-state index in [4.69, 9.17) is 16.3 Å². The first-order chi connectivity index (χ1) is 16.0. The van der Waals surface area contributed by atoms with Crippen LogP contribution in [-0.2, 0) is 4.74 Å². The van der Waals surface area contributed by atoms with Crippen LogP contribution < -0.4 is 5.32 Å². The molecule has 33 heavy (non-hydrogen) atoms. The summed E-state index contributed by atoms with van der Waals surface area (Å²) in [5, 5.41) is 4.85. The number of carbonyl (C=O) groups excluding carboxylic acids is 1. The minimum atomic E-state index is -0.291. The van der Waals surface area contributed by atoms with Crippen molar-refractivity contribution in [1.29, 1.82) is 0 Å². The van der Waals surface area contributed by atoms with Crippen LogP contribution in [0.25, 0.3) is 21.9 Å². The summed E-state index contributed by atoms with van der Waals surface area (Å²) < 4.78 is 6.15. The zero-order valence-electron chi connectivity index (χ0n) is 17.6. The molecule has 0 spiro atoms. The van der Waals surface area contributed by atoms with E-state index < -0.39 is 0 Å². The van der Waals surface area contributed by atoms with E-state index in [0.29, 0.717) is 44.7 Å². The van der Waals surface area contributed by atoms with E-state index in [0.717, 1.165) is 28.7 Å². The van der Waals surface area contributed by atoms with Crippen molar-refractivity contribution < 1.29 is 9.53 Å². The summed E-state index contributed by atoms with van der Waals surface area (Å²) >= 11 is 11.4. The fourth-order valence-corrected chi connectivity index (χ4v) is 5.42. The topological polar surface area (TPSA) is 96.0 Å². The van der Waals surface area contributed by atoms with Gasteiger partial charge in [-0.15, -0.1) is 11.8 Å². The summed E-state index contributed by atoms with van der Waals surface area (Å²) in [5.74, 6) is 3.00. The molecule has 0 bridgehead atoms. The number of rotatable bonds is 6. The SMILES string of the molecule is COC[C@H](Nc1ncnc2cc(C(=O)N3CCSC3)c(Br)cc12)c1nc2ccc(Cl)cc2[nH]1. The van der Waals surface area contributed by atoms with Gasteiger partial charge in [0.25, 0.3) is 5.91 Å². The Hall–Kier alpha value is -2.40. The average molecular weight is 548 g/mol. The number of imidazole rings is 1. The van der Waals surface area contributed by atoms with Crippen molar-refractivity contribution in [3.8, 4) is 0 Å². The summed E-state index contributed by atoms with van der Waals surface area (Å²) in [7, 11) is 1.64. The number of hydrogen-bond acceptors (Lipinski definition) is 7. The third-order valence-electron chi connectivity index (χ3n) is 5.43. The summed E-state index contributed by atoms with van der Waals surface area (Å²) in [6, 6.07) is 8.92. The lowest BCUT2D eigenvalue weighted by Gasteiger charge is -2.19. The van der Waals surface area contributed by atoms with Crippen molar-refractivity contribution in [2.24, 2.45) is 0 Å². The molecule has 1 aliphatic heterocycles. The maximum Gasteiger partial charge on any atom is 0.255 e. The van der Waals surface area contributed by atoms with Crippen molar-refractivity contribution in [2.45, 2.75) is 6.04 Å². The van der Waals surface area contributed by atoms with Crippen LogP contribution in [0.4, 0.5) is 5.82 Å². The Labute approximate surface area is 207 Å². The predicted molar refractivity (Wildman–Crippen MR) is 135 cm³/mol. The Bertz CT molecular complexity index is 1340. The second-order valence-corrected chi connectivity index (χ2v) is 9.98. The number of amides is 1. The number of halogens is 2. The molecule has 11 heteroatoms. The fraction of sp³-hybridized carbons (Fsp3) is 0.273. The van der Waals surface area contributed by atoms with Gasteiger partial charge in [-0.1, -0.05) is 11.6 Å². The largest absolute Gasteiger partial charge is 0.382 e. The summed E-state index contributed by atoms with van der Waals surface area (Å²) in [6.45, 7) is 1.12. The number of aromatic nitrogens is 4. The van der Waals surface area contributed by atoms with Gasteiger partial charge in [-0.2, -0.15) is 0 Å². The van der Waals surface area contributed by atoms with Gasteiger partial charge in [-0.05, 0) is 46.3 Å².